The number of carbonyl (C=O) groups is 3. The molecule has 1 aliphatic heterocycles. The second-order valence-corrected chi connectivity index (χ2v) is 7.11. The van der Waals surface area contributed by atoms with Gasteiger partial charge in [-0.05, 0) is 49.1 Å². The lowest BCUT2D eigenvalue weighted by Crippen LogP contribution is -2.33. The smallest absolute Gasteiger partial charge is 0.251 e. The zero-order valence-electron chi connectivity index (χ0n) is 16.2. The number of hydrogen-bond acceptors (Lipinski definition) is 3. The summed E-state index contributed by atoms with van der Waals surface area (Å²) in [6, 6.07) is 12.9. The van der Waals surface area contributed by atoms with E-state index in [1.807, 2.05) is 49.1 Å². The Balaban J connectivity index is 1.51. The monoisotopic (exact) mass is 379 g/mol. The van der Waals surface area contributed by atoms with Gasteiger partial charge in [0.2, 0.25) is 11.8 Å². The molecule has 28 heavy (non-hydrogen) atoms. The molecule has 6 nitrogen and oxygen atoms in total. The summed E-state index contributed by atoms with van der Waals surface area (Å²) in [5, 5.41) is 5.49. The highest BCUT2D eigenvalue weighted by atomic mass is 16.2. The van der Waals surface area contributed by atoms with Crippen molar-refractivity contribution in [3.05, 3.63) is 64.7 Å². The van der Waals surface area contributed by atoms with E-state index < -0.39 is 0 Å². The van der Waals surface area contributed by atoms with E-state index in [9.17, 15) is 14.4 Å². The third-order valence-corrected chi connectivity index (χ3v) is 4.92. The van der Waals surface area contributed by atoms with Crippen molar-refractivity contribution in [2.75, 3.05) is 18.4 Å². The molecular formula is C22H25N3O3. The van der Waals surface area contributed by atoms with Crippen LogP contribution in [0.3, 0.4) is 0 Å². The van der Waals surface area contributed by atoms with Gasteiger partial charge in [-0.2, -0.15) is 0 Å². The average molecular weight is 379 g/mol. The molecule has 0 atom stereocenters. The first-order valence-electron chi connectivity index (χ1n) is 9.45. The van der Waals surface area contributed by atoms with E-state index in [1.54, 1.807) is 12.1 Å². The quantitative estimate of drug-likeness (QED) is 0.810. The zero-order chi connectivity index (χ0) is 20.1. The van der Waals surface area contributed by atoms with Crippen molar-refractivity contribution in [1.29, 1.82) is 0 Å². The molecule has 3 rings (SSSR count). The fraction of sp³-hybridized carbons (Fsp3) is 0.318. The molecule has 6 heteroatoms. The molecule has 1 heterocycles. The maximum absolute atomic E-state index is 12.3. The fourth-order valence-electron chi connectivity index (χ4n) is 3.31. The number of benzene rings is 2. The van der Waals surface area contributed by atoms with Crippen molar-refractivity contribution in [1.82, 2.24) is 10.2 Å². The first kappa shape index (κ1) is 19.6. The lowest BCUT2D eigenvalue weighted by atomic mass is 10.1. The normalized spacial score (nSPS) is 13.5. The molecule has 0 aliphatic carbocycles. The van der Waals surface area contributed by atoms with E-state index in [1.165, 1.54) is 0 Å². The molecule has 3 amide bonds. The number of rotatable bonds is 6. The Labute approximate surface area is 164 Å². The Hall–Kier alpha value is -3.15. The number of nitrogens with one attached hydrogen (secondary N) is 2. The predicted molar refractivity (Wildman–Crippen MR) is 108 cm³/mol. The molecule has 0 aromatic heterocycles. The summed E-state index contributed by atoms with van der Waals surface area (Å²) in [6.07, 6.45) is 1.52. The highest BCUT2D eigenvalue weighted by Crippen LogP contribution is 2.19. The molecule has 0 spiro atoms. The maximum atomic E-state index is 12.3. The Morgan fingerprint density at radius 2 is 1.71 bits per heavy atom. The first-order valence-corrected chi connectivity index (χ1v) is 9.45. The van der Waals surface area contributed by atoms with Crippen LogP contribution in [-0.4, -0.2) is 35.7 Å². The molecule has 0 bridgehead atoms. The minimum Gasteiger partial charge on any atom is -0.343 e. The molecule has 2 N–H and O–H groups in total. The van der Waals surface area contributed by atoms with Crippen LogP contribution in [0.4, 0.5) is 5.69 Å². The van der Waals surface area contributed by atoms with E-state index in [-0.39, 0.29) is 24.3 Å². The molecule has 146 valence electrons. The highest BCUT2D eigenvalue weighted by molar-refractivity contribution is 5.99. The third-order valence-electron chi connectivity index (χ3n) is 4.92. The van der Waals surface area contributed by atoms with Gasteiger partial charge < -0.3 is 15.5 Å². The van der Waals surface area contributed by atoms with Crippen molar-refractivity contribution >= 4 is 23.4 Å². The summed E-state index contributed by atoms with van der Waals surface area (Å²) in [7, 11) is 0. The van der Waals surface area contributed by atoms with Gasteiger partial charge in [0.05, 0.1) is 6.54 Å². The zero-order valence-corrected chi connectivity index (χ0v) is 16.2. The number of amides is 3. The van der Waals surface area contributed by atoms with Crippen LogP contribution in [0, 0.1) is 13.8 Å². The van der Waals surface area contributed by atoms with Crippen molar-refractivity contribution in [2.24, 2.45) is 0 Å². The van der Waals surface area contributed by atoms with Gasteiger partial charge in [0.25, 0.3) is 5.91 Å². The average Bonchev–Trinajstić information content (AvgIpc) is 3.08. The first-order chi connectivity index (χ1) is 13.4. The second-order valence-electron chi connectivity index (χ2n) is 7.11. The number of aryl methyl sites for hydroxylation is 2. The number of para-hydroxylation sites is 1. The van der Waals surface area contributed by atoms with Crippen molar-refractivity contribution in [3.8, 4) is 0 Å². The summed E-state index contributed by atoms with van der Waals surface area (Å²) in [5.41, 5.74) is 4.21. The number of nitrogens with zero attached hydrogens (tertiary/aromatic N) is 1. The molecule has 2 aromatic carbocycles. The number of likely N-dealkylation sites (tertiary alicyclic amines) is 1. The van der Waals surface area contributed by atoms with Crippen LogP contribution in [0.25, 0.3) is 0 Å². The van der Waals surface area contributed by atoms with Gasteiger partial charge in [-0.25, -0.2) is 0 Å². The third kappa shape index (κ3) is 4.76. The summed E-state index contributed by atoms with van der Waals surface area (Å²) < 4.78 is 0. The summed E-state index contributed by atoms with van der Waals surface area (Å²) in [5.74, 6) is -0.396. The van der Waals surface area contributed by atoms with Crippen LogP contribution < -0.4 is 10.6 Å². The SMILES string of the molecule is Cc1cccc(C)c1NC(=O)CNC(=O)c1ccc(CN2CCCC2=O)cc1. The Morgan fingerprint density at radius 3 is 2.32 bits per heavy atom. The van der Waals surface area contributed by atoms with Gasteiger partial charge in [0, 0.05) is 30.8 Å². The van der Waals surface area contributed by atoms with E-state index in [0.717, 1.165) is 35.3 Å². The minimum atomic E-state index is -0.305. The molecule has 0 radical (unpaired) electrons. The largest absolute Gasteiger partial charge is 0.343 e. The van der Waals surface area contributed by atoms with Gasteiger partial charge in [-0.3, -0.25) is 14.4 Å². The lowest BCUT2D eigenvalue weighted by molar-refractivity contribution is -0.128. The minimum absolute atomic E-state index is 0.101. The Bertz CT molecular complexity index is 870. The Morgan fingerprint density at radius 1 is 1.04 bits per heavy atom. The molecule has 1 fully saturated rings. The van der Waals surface area contributed by atoms with Crippen LogP contribution in [0.5, 0.6) is 0 Å². The topological polar surface area (TPSA) is 78.5 Å². The number of hydrogen-bond donors (Lipinski definition) is 2. The maximum Gasteiger partial charge on any atom is 0.251 e. The van der Waals surface area contributed by atoms with Crippen LogP contribution in [0.15, 0.2) is 42.5 Å². The number of carbonyl (C=O) groups excluding carboxylic acids is 3. The predicted octanol–water partition coefficient (Wildman–Crippen LogP) is 2.79. The second kappa shape index (κ2) is 8.69. The van der Waals surface area contributed by atoms with Crippen LogP contribution in [0.1, 0.15) is 39.9 Å². The van der Waals surface area contributed by atoms with Crippen molar-refractivity contribution in [3.63, 3.8) is 0 Å². The summed E-state index contributed by atoms with van der Waals surface area (Å²) in [6.45, 7) is 5.11. The van der Waals surface area contributed by atoms with Gasteiger partial charge in [-0.1, -0.05) is 30.3 Å². The highest BCUT2D eigenvalue weighted by Gasteiger charge is 2.20. The Kier molecular flexibility index (Phi) is 6.09. The number of anilines is 1. The molecule has 2 aromatic rings. The van der Waals surface area contributed by atoms with Crippen LogP contribution in [0.2, 0.25) is 0 Å². The van der Waals surface area contributed by atoms with E-state index in [0.29, 0.717) is 18.5 Å². The fourth-order valence-corrected chi connectivity index (χ4v) is 3.31. The van der Waals surface area contributed by atoms with Gasteiger partial charge >= 0.3 is 0 Å². The van der Waals surface area contributed by atoms with Crippen molar-refractivity contribution < 1.29 is 14.4 Å². The van der Waals surface area contributed by atoms with E-state index >= 15 is 0 Å². The van der Waals surface area contributed by atoms with Crippen LogP contribution in [-0.2, 0) is 16.1 Å². The molecule has 0 unspecified atom stereocenters. The van der Waals surface area contributed by atoms with Gasteiger partial charge in [0.15, 0.2) is 0 Å². The molecule has 0 saturated carbocycles. The van der Waals surface area contributed by atoms with E-state index in [4.69, 9.17) is 0 Å². The van der Waals surface area contributed by atoms with Gasteiger partial charge in [-0.15, -0.1) is 0 Å². The molecule has 1 saturated heterocycles. The van der Waals surface area contributed by atoms with Gasteiger partial charge in [0.1, 0.15) is 0 Å². The van der Waals surface area contributed by atoms with E-state index in [2.05, 4.69) is 10.6 Å². The lowest BCUT2D eigenvalue weighted by Gasteiger charge is -2.15. The standard InChI is InChI=1S/C22H25N3O3/c1-15-5-3-6-16(2)21(15)24-19(26)13-23-22(28)18-10-8-17(9-11-18)14-25-12-4-7-20(25)27/h3,5-6,8-11H,4,7,12-14H2,1-2H3,(H,23,28)(H,24,26). The summed E-state index contributed by atoms with van der Waals surface area (Å²) in [4.78, 5) is 38.0. The summed E-state index contributed by atoms with van der Waals surface area (Å²) >= 11 is 0. The molecule has 1 aliphatic rings. The van der Waals surface area contributed by atoms with Crippen molar-refractivity contribution in [2.45, 2.75) is 33.2 Å². The molecular weight excluding hydrogens is 354 g/mol. The van der Waals surface area contributed by atoms with Crippen LogP contribution >= 0.6 is 0 Å².